The summed E-state index contributed by atoms with van der Waals surface area (Å²) in [5, 5.41) is 4.10. The van der Waals surface area contributed by atoms with Crippen molar-refractivity contribution in [3.8, 4) is 0 Å². The molecule has 25 heavy (non-hydrogen) atoms. The number of carbonyl (C=O) groups is 2. The van der Waals surface area contributed by atoms with E-state index in [2.05, 4.69) is 10.1 Å². The van der Waals surface area contributed by atoms with Gasteiger partial charge in [0, 0.05) is 32.4 Å². The zero-order valence-electron chi connectivity index (χ0n) is 14.3. The standard InChI is InChI=1S/C18H21N5O2/c1-21-13-19-15(20-21)16(24)22-10-5-8-18(12-22)9-11-23(17(18)25)14-6-3-2-4-7-14/h2-4,6-7,13H,5,8-12H2,1H3/t18-/m1/s1. The largest absolute Gasteiger partial charge is 0.335 e. The monoisotopic (exact) mass is 339 g/mol. The number of carbonyl (C=O) groups excluding carboxylic acids is 2. The van der Waals surface area contributed by atoms with Gasteiger partial charge in [0.05, 0.1) is 5.41 Å². The molecule has 7 nitrogen and oxygen atoms in total. The zero-order valence-corrected chi connectivity index (χ0v) is 14.3. The highest BCUT2D eigenvalue weighted by Crippen LogP contribution is 2.41. The predicted molar refractivity (Wildman–Crippen MR) is 92.0 cm³/mol. The third kappa shape index (κ3) is 2.69. The minimum absolute atomic E-state index is 0.130. The molecule has 2 fully saturated rings. The summed E-state index contributed by atoms with van der Waals surface area (Å²) in [6.07, 6.45) is 3.95. The van der Waals surface area contributed by atoms with E-state index in [4.69, 9.17) is 0 Å². The first-order valence-corrected chi connectivity index (χ1v) is 8.61. The number of hydrogen-bond acceptors (Lipinski definition) is 4. The van der Waals surface area contributed by atoms with Gasteiger partial charge in [-0.3, -0.25) is 14.3 Å². The predicted octanol–water partition coefficient (Wildman–Crippen LogP) is 1.47. The molecule has 0 bridgehead atoms. The van der Waals surface area contributed by atoms with Crippen molar-refractivity contribution in [2.24, 2.45) is 12.5 Å². The van der Waals surface area contributed by atoms with E-state index in [-0.39, 0.29) is 17.6 Å². The van der Waals surface area contributed by atoms with E-state index < -0.39 is 5.41 Å². The first-order chi connectivity index (χ1) is 12.1. The Morgan fingerprint density at radius 1 is 1.16 bits per heavy atom. The van der Waals surface area contributed by atoms with Gasteiger partial charge in [-0.2, -0.15) is 0 Å². The Hall–Kier alpha value is -2.70. The Morgan fingerprint density at radius 2 is 1.96 bits per heavy atom. The van der Waals surface area contributed by atoms with Gasteiger partial charge in [-0.25, -0.2) is 4.98 Å². The molecule has 4 rings (SSSR count). The van der Waals surface area contributed by atoms with Crippen molar-refractivity contribution < 1.29 is 9.59 Å². The van der Waals surface area contributed by atoms with Crippen LogP contribution in [0.4, 0.5) is 5.69 Å². The van der Waals surface area contributed by atoms with Gasteiger partial charge in [0.2, 0.25) is 11.7 Å². The Bertz CT molecular complexity index is 803. The van der Waals surface area contributed by atoms with Crippen molar-refractivity contribution >= 4 is 17.5 Å². The van der Waals surface area contributed by atoms with Crippen LogP contribution in [0.15, 0.2) is 36.7 Å². The minimum atomic E-state index is -0.474. The van der Waals surface area contributed by atoms with E-state index in [1.54, 1.807) is 11.9 Å². The van der Waals surface area contributed by atoms with Crippen molar-refractivity contribution in [1.29, 1.82) is 0 Å². The van der Waals surface area contributed by atoms with E-state index in [0.717, 1.165) is 24.9 Å². The fraction of sp³-hybridized carbons (Fsp3) is 0.444. The van der Waals surface area contributed by atoms with Crippen molar-refractivity contribution in [2.75, 3.05) is 24.5 Å². The fourth-order valence-corrected chi connectivity index (χ4v) is 3.94. The maximum atomic E-state index is 13.1. The zero-order chi connectivity index (χ0) is 17.4. The van der Waals surface area contributed by atoms with Crippen LogP contribution in [0.5, 0.6) is 0 Å². The summed E-state index contributed by atoms with van der Waals surface area (Å²) in [5.74, 6) is 0.140. The number of rotatable bonds is 2. The van der Waals surface area contributed by atoms with Crippen molar-refractivity contribution in [3.05, 3.63) is 42.5 Å². The lowest BCUT2D eigenvalue weighted by Gasteiger charge is -2.38. The number of benzene rings is 1. The first-order valence-electron chi connectivity index (χ1n) is 8.61. The number of likely N-dealkylation sites (tertiary alicyclic amines) is 1. The Labute approximate surface area is 146 Å². The number of aryl methyl sites for hydroxylation is 1. The summed E-state index contributed by atoms with van der Waals surface area (Å²) >= 11 is 0. The van der Waals surface area contributed by atoms with Crippen LogP contribution in [0.3, 0.4) is 0 Å². The van der Waals surface area contributed by atoms with E-state index in [9.17, 15) is 9.59 Å². The van der Waals surface area contributed by atoms with Crippen LogP contribution in [0.2, 0.25) is 0 Å². The van der Waals surface area contributed by atoms with Gasteiger partial charge in [-0.05, 0) is 31.4 Å². The lowest BCUT2D eigenvalue weighted by atomic mass is 9.78. The molecule has 0 radical (unpaired) electrons. The van der Waals surface area contributed by atoms with Crippen molar-refractivity contribution in [1.82, 2.24) is 19.7 Å². The molecule has 3 heterocycles. The summed E-state index contributed by atoms with van der Waals surface area (Å²) in [7, 11) is 1.74. The molecule has 2 amide bonds. The second-order valence-electron chi connectivity index (χ2n) is 6.89. The van der Waals surface area contributed by atoms with E-state index in [1.807, 2.05) is 35.2 Å². The molecule has 0 aliphatic carbocycles. The molecule has 0 unspecified atom stereocenters. The lowest BCUT2D eigenvalue weighted by Crippen LogP contribution is -2.50. The maximum Gasteiger partial charge on any atom is 0.293 e. The van der Waals surface area contributed by atoms with Gasteiger partial charge in [-0.15, -0.1) is 5.10 Å². The third-order valence-electron chi connectivity index (χ3n) is 5.24. The summed E-state index contributed by atoms with van der Waals surface area (Å²) in [4.78, 5) is 33.5. The molecule has 7 heteroatoms. The van der Waals surface area contributed by atoms with Crippen LogP contribution in [0, 0.1) is 5.41 Å². The average molecular weight is 339 g/mol. The minimum Gasteiger partial charge on any atom is -0.335 e. The summed E-state index contributed by atoms with van der Waals surface area (Å²) in [5.41, 5.74) is 0.456. The van der Waals surface area contributed by atoms with Gasteiger partial charge in [0.25, 0.3) is 5.91 Å². The quantitative estimate of drug-likeness (QED) is 0.831. The third-order valence-corrected chi connectivity index (χ3v) is 5.24. The molecule has 0 saturated carbocycles. The number of para-hydroxylation sites is 1. The number of amides is 2. The highest BCUT2D eigenvalue weighted by molar-refractivity contribution is 6.00. The number of aromatic nitrogens is 3. The molecule has 2 aliphatic rings. The van der Waals surface area contributed by atoms with Crippen LogP contribution in [0.25, 0.3) is 0 Å². The lowest BCUT2D eigenvalue weighted by molar-refractivity contribution is -0.127. The molecule has 1 aromatic carbocycles. The molecule has 130 valence electrons. The van der Waals surface area contributed by atoms with E-state index in [0.29, 0.717) is 19.6 Å². The van der Waals surface area contributed by atoms with Crippen LogP contribution in [0.1, 0.15) is 29.9 Å². The van der Waals surface area contributed by atoms with Crippen LogP contribution in [-0.4, -0.2) is 51.1 Å². The molecule has 0 N–H and O–H groups in total. The second kappa shape index (κ2) is 5.98. The van der Waals surface area contributed by atoms with Crippen LogP contribution in [-0.2, 0) is 11.8 Å². The van der Waals surface area contributed by atoms with Crippen LogP contribution >= 0.6 is 0 Å². The summed E-state index contributed by atoms with van der Waals surface area (Å²) < 4.78 is 1.52. The molecule has 2 saturated heterocycles. The normalized spacial score (nSPS) is 23.5. The van der Waals surface area contributed by atoms with E-state index in [1.165, 1.54) is 11.0 Å². The first kappa shape index (κ1) is 15.8. The molecular formula is C18H21N5O2. The molecular weight excluding hydrogens is 318 g/mol. The van der Waals surface area contributed by atoms with Gasteiger partial charge in [-0.1, -0.05) is 18.2 Å². The number of anilines is 1. The highest BCUT2D eigenvalue weighted by atomic mass is 16.2. The smallest absolute Gasteiger partial charge is 0.293 e. The van der Waals surface area contributed by atoms with E-state index >= 15 is 0 Å². The molecule has 1 spiro atoms. The SMILES string of the molecule is Cn1cnc(C(=O)N2CCC[C@@]3(CCN(c4ccccc4)C3=O)C2)n1. The molecule has 2 aromatic rings. The molecule has 2 aliphatic heterocycles. The number of hydrogen-bond donors (Lipinski definition) is 0. The number of piperidine rings is 1. The van der Waals surface area contributed by atoms with Crippen molar-refractivity contribution in [3.63, 3.8) is 0 Å². The maximum absolute atomic E-state index is 13.1. The summed E-state index contributed by atoms with van der Waals surface area (Å²) in [6.45, 7) is 1.80. The Kier molecular flexibility index (Phi) is 3.78. The van der Waals surface area contributed by atoms with Gasteiger partial charge in [0.15, 0.2) is 0 Å². The second-order valence-corrected chi connectivity index (χ2v) is 6.89. The molecule has 1 aromatic heterocycles. The highest BCUT2D eigenvalue weighted by Gasteiger charge is 2.50. The number of nitrogens with zero attached hydrogens (tertiary/aromatic N) is 5. The van der Waals surface area contributed by atoms with Crippen molar-refractivity contribution in [2.45, 2.75) is 19.3 Å². The van der Waals surface area contributed by atoms with Gasteiger partial charge in [0.1, 0.15) is 6.33 Å². The Balaban J connectivity index is 1.54. The van der Waals surface area contributed by atoms with Gasteiger partial charge >= 0.3 is 0 Å². The molecule has 1 atom stereocenters. The topological polar surface area (TPSA) is 71.3 Å². The Morgan fingerprint density at radius 3 is 2.68 bits per heavy atom. The average Bonchev–Trinajstić information content (AvgIpc) is 3.20. The summed E-state index contributed by atoms with van der Waals surface area (Å²) in [6, 6.07) is 9.75. The van der Waals surface area contributed by atoms with Crippen LogP contribution < -0.4 is 4.90 Å². The van der Waals surface area contributed by atoms with Gasteiger partial charge < -0.3 is 9.80 Å². The fourth-order valence-electron chi connectivity index (χ4n) is 3.94.